The number of hydrogen-bond acceptors (Lipinski definition) is 4. The monoisotopic (exact) mass is 157 g/mol. The number of hydrogen-bond donors (Lipinski definition) is 2. The molecule has 0 aliphatic rings. The van der Waals surface area contributed by atoms with Gasteiger partial charge in [-0.3, -0.25) is 10.2 Å². The predicted octanol–water partition coefficient (Wildman–Crippen LogP) is 0.0550. The lowest BCUT2D eigenvalue weighted by Crippen LogP contribution is -2.30. The van der Waals surface area contributed by atoms with Crippen molar-refractivity contribution in [2.45, 2.75) is 6.92 Å². The van der Waals surface area contributed by atoms with Crippen molar-refractivity contribution in [3.05, 3.63) is 16.6 Å². The van der Waals surface area contributed by atoms with Gasteiger partial charge in [-0.05, 0) is 18.5 Å². The van der Waals surface area contributed by atoms with E-state index in [0.717, 1.165) is 0 Å². The number of carbonyl (C=O) groups is 1. The van der Waals surface area contributed by atoms with Crippen molar-refractivity contribution in [2.24, 2.45) is 5.84 Å². The molecule has 0 radical (unpaired) electrons. The maximum absolute atomic E-state index is 10.8. The van der Waals surface area contributed by atoms with Crippen LogP contribution in [-0.2, 0) is 0 Å². The number of nitrogens with zero attached hydrogens (tertiary/aromatic N) is 1. The van der Waals surface area contributed by atoms with E-state index in [4.69, 9.17) is 5.84 Å². The minimum absolute atomic E-state index is 0.286. The molecule has 0 unspecified atom stereocenters. The van der Waals surface area contributed by atoms with Crippen molar-refractivity contribution in [1.29, 1.82) is 0 Å². The molecule has 1 rings (SSSR count). The predicted molar refractivity (Wildman–Crippen MR) is 38.5 cm³/mol. The molecule has 0 aliphatic heterocycles. The van der Waals surface area contributed by atoms with Gasteiger partial charge >= 0.3 is 0 Å². The van der Waals surface area contributed by atoms with E-state index in [9.17, 15) is 4.79 Å². The third-order valence-electron chi connectivity index (χ3n) is 1.13. The Kier molecular flexibility index (Phi) is 1.98. The van der Waals surface area contributed by atoms with Gasteiger partial charge in [-0.15, -0.1) is 0 Å². The molecule has 0 aliphatic carbocycles. The average Bonchev–Trinajstić information content (AvgIpc) is 2.34. The molecule has 1 heterocycles. The second-order valence-corrected chi connectivity index (χ2v) is 2.42. The third-order valence-corrected chi connectivity index (χ3v) is 1.85. The van der Waals surface area contributed by atoms with Gasteiger partial charge in [-0.25, -0.2) is 5.84 Å². The zero-order valence-electron chi connectivity index (χ0n) is 5.42. The number of nitrogens with one attached hydrogen (secondary N) is 1. The molecule has 0 saturated heterocycles. The molecule has 1 amide bonds. The molecule has 0 saturated carbocycles. The number of rotatable bonds is 1. The minimum Gasteiger partial charge on any atom is -0.290 e. The number of carbonyl (C=O) groups excluding carboxylic acids is 1. The molecule has 0 spiro atoms. The third kappa shape index (κ3) is 1.14. The van der Waals surface area contributed by atoms with Gasteiger partial charge in [0.2, 0.25) is 0 Å². The lowest BCUT2D eigenvalue weighted by atomic mass is 10.3. The minimum atomic E-state index is -0.286. The van der Waals surface area contributed by atoms with Crippen molar-refractivity contribution >= 4 is 17.4 Å². The van der Waals surface area contributed by atoms with Crippen molar-refractivity contribution in [1.82, 2.24) is 9.80 Å². The fourth-order valence-corrected chi connectivity index (χ4v) is 1.28. The summed E-state index contributed by atoms with van der Waals surface area (Å²) in [6.45, 7) is 1.76. The van der Waals surface area contributed by atoms with Crippen LogP contribution in [0.1, 0.15) is 16.1 Å². The van der Waals surface area contributed by atoms with Crippen molar-refractivity contribution in [2.75, 3.05) is 0 Å². The van der Waals surface area contributed by atoms with Crippen LogP contribution in [0.3, 0.4) is 0 Å². The number of hydrazine groups is 1. The summed E-state index contributed by atoms with van der Waals surface area (Å²) >= 11 is 1.24. The first kappa shape index (κ1) is 7.17. The van der Waals surface area contributed by atoms with Gasteiger partial charge in [0, 0.05) is 5.38 Å². The van der Waals surface area contributed by atoms with Crippen LogP contribution in [0.4, 0.5) is 0 Å². The number of nitrogens with two attached hydrogens (primary N) is 1. The summed E-state index contributed by atoms with van der Waals surface area (Å²) in [6.07, 6.45) is 0. The summed E-state index contributed by atoms with van der Waals surface area (Å²) in [6, 6.07) is 0. The Labute approximate surface area is 62.2 Å². The molecule has 0 fully saturated rings. The van der Waals surface area contributed by atoms with Crippen molar-refractivity contribution in [3.63, 3.8) is 0 Å². The lowest BCUT2D eigenvalue weighted by Gasteiger charge is -1.93. The Balaban J connectivity index is 2.93. The highest BCUT2D eigenvalue weighted by molar-refractivity contribution is 7.03. The van der Waals surface area contributed by atoms with Crippen LogP contribution in [0.15, 0.2) is 5.38 Å². The molecule has 5 heteroatoms. The Morgan fingerprint density at radius 1 is 1.90 bits per heavy atom. The fraction of sp³-hybridized carbons (Fsp3) is 0.200. The molecule has 4 nitrogen and oxygen atoms in total. The first-order valence-corrected chi connectivity index (χ1v) is 3.51. The molecule has 0 bridgehead atoms. The Morgan fingerprint density at radius 3 is 3.00 bits per heavy atom. The number of aromatic nitrogens is 1. The van der Waals surface area contributed by atoms with Crippen LogP contribution < -0.4 is 11.3 Å². The average molecular weight is 157 g/mol. The molecular formula is C5H7N3OS. The van der Waals surface area contributed by atoms with Crippen molar-refractivity contribution in [3.8, 4) is 0 Å². The van der Waals surface area contributed by atoms with Crippen LogP contribution in [0.25, 0.3) is 0 Å². The Morgan fingerprint density at radius 2 is 2.60 bits per heavy atom. The zero-order valence-corrected chi connectivity index (χ0v) is 6.23. The van der Waals surface area contributed by atoms with Gasteiger partial charge in [-0.1, -0.05) is 0 Å². The molecule has 1 aromatic heterocycles. The van der Waals surface area contributed by atoms with E-state index >= 15 is 0 Å². The second-order valence-electron chi connectivity index (χ2n) is 1.79. The highest BCUT2D eigenvalue weighted by Gasteiger charge is 2.07. The maximum atomic E-state index is 10.8. The highest BCUT2D eigenvalue weighted by atomic mass is 32.1. The van der Waals surface area contributed by atoms with E-state index in [2.05, 4.69) is 4.37 Å². The first-order chi connectivity index (χ1) is 4.75. The normalized spacial score (nSPS) is 9.40. The quantitative estimate of drug-likeness (QED) is 0.344. The number of nitrogen functional groups attached to an aromatic ring is 1. The summed E-state index contributed by atoms with van der Waals surface area (Å²) in [5, 5.41) is 1.66. The van der Waals surface area contributed by atoms with Gasteiger partial charge in [0.1, 0.15) is 0 Å². The highest BCUT2D eigenvalue weighted by Crippen LogP contribution is 2.07. The summed E-state index contributed by atoms with van der Waals surface area (Å²) in [5.41, 5.74) is 3.30. The maximum Gasteiger partial charge on any atom is 0.267 e. The summed E-state index contributed by atoms with van der Waals surface area (Å²) in [7, 11) is 0. The van der Waals surface area contributed by atoms with E-state index in [0.29, 0.717) is 11.3 Å². The van der Waals surface area contributed by atoms with Crippen LogP contribution in [0.2, 0.25) is 0 Å². The lowest BCUT2D eigenvalue weighted by molar-refractivity contribution is 0.0953. The van der Waals surface area contributed by atoms with Gasteiger partial charge < -0.3 is 0 Å². The summed E-state index contributed by atoms with van der Waals surface area (Å²) < 4.78 is 3.91. The molecule has 1 aromatic rings. The van der Waals surface area contributed by atoms with Crippen LogP contribution in [0.5, 0.6) is 0 Å². The largest absolute Gasteiger partial charge is 0.290 e. The van der Waals surface area contributed by atoms with Crippen LogP contribution >= 0.6 is 11.5 Å². The number of aryl methyl sites for hydroxylation is 1. The Bertz CT molecular complexity index is 245. The topological polar surface area (TPSA) is 68.0 Å². The van der Waals surface area contributed by atoms with Gasteiger partial charge in [0.25, 0.3) is 5.91 Å². The van der Waals surface area contributed by atoms with Gasteiger partial charge in [0.15, 0.2) is 0 Å². The molecule has 0 aromatic carbocycles. The van der Waals surface area contributed by atoms with Gasteiger partial charge in [-0.2, -0.15) is 4.37 Å². The molecule has 0 atom stereocenters. The van der Waals surface area contributed by atoms with E-state index in [1.54, 1.807) is 12.3 Å². The van der Waals surface area contributed by atoms with E-state index in [1.807, 2.05) is 5.43 Å². The molecule has 54 valence electrons. The molecular weight excluding hydrogens is 150 g/mol. The standard InChI is InChI=1S/C5H7N3OS/c1-3-4(2-10-8-3)5(9)7-6/h2H,6H2,1H3,(H,7,9). The second kappa shape index (κ2) is 2.76. The smallest absolute Gasteiger partial charge is 0.267 e. The van der Waals surface area contributed by atoms with E-state index in [1.165, 1.54) is 11.5 Å². The van der Waals surface area contributed by atoms with Crippen LogP contribution in [0, 0.1) is 6.92 Å². The molecule has 10 heavy (non-hydrogen) atoms. The zero-order chi connectivity index (χ0) is 7.56. The SMILES string of the molecule is Cc1nscc1C(=O)NN. The van der Waals surface area contributed by atoms with Crippen molar-refractivity contribution < 1.29 is 4.79 Å². The first-order valence-electron chi connectivity index (χ1n) is 2.67. The van der Waals surface area contributed by atoms with Gasteiger partial charge in [0.05, 0.1) is 11.3 Å². The Hall–Kier alpha value is -0.940. The van der Waals surface area contributed by atoms with E-state index in [-0.39, 0.29) is 5.91 Å². The number of amides is 1. The molecule has 3 N–H and O–H groups in total. The van der Waals surface area contributed by atoms with E-state index < -0.39 is 0 Å². The van der Waals surface area contributed by atoms with Crippen LogP contribution in [-0.4, -0.2) is 10.3 Å². The fourth-order valence-electron chi connectivity index (χ4n) is 0.588. The summed E-state index contributed by atoms with van der Waals surface area (Å²) in [5.74, 6) is 4.62. The summed E-state index contributed by atoms with van der Waals surface area (Å²) in [4.78, 5) is 10.8.